The van der Waals surface area contributed by atoms with Crippen LogP contribution in [0, 0.1) is 0 Å². The van der Waals surface area contributed by atoms with Crippen molar-refractivity contribution in [1.82, 2.24) is 0 Å². The van der Waals surface area contributed by atoms with Crippen molar-refractivity contribution >= 4 is 17.4 Å². The van der Waals surface area contributed by atoms with Crippen molar-refractivity contribution in [2.24, 2.45) is 4.99 Å². The fourth-order valence-electron chi connectivity index (χ4n) is 1.89. The molecule has 2 aromatic rings. The highest BCUT2D eigenvalue weighted by atomic mass is 16.5. The number of ether oxygens (including phenoxy) is 2. The minimum atomic E-state index is 0.517. The maximum atomic E-state index is 5.57. The minimum absolute atomic E-state index is 0.517. The second-order valence-electron chi connectivity index (χ2n) is 4.19. The molecule has 0 fully saturated rings. The third-order valence-electron chi connectivity index (χ3n) is 2.92. The number of rotatable bonds is 2. The van der Waals surface area contributed by atoms with Gasteiger partial charge in [0.1, 0.15) is 12.4 Å². The summed E-state index contributed by atoms with van der Waals surface area (Å²) in [7, 11) is 1.65. The van der Waals surface area contributed by atoms with E-state index >= 15 is 0 Å². The van der Waals surface area contributed by atoms with Gasteiger partial charge >= 0.3 is 0 Å². The highest BCUT2D eigenvalue weighted by Gasteiger charge is 2.12. The van der Waals surface area contributed by atoms with E-state index < -0.39 is 0 Å². The molecule has 0 unspecified atom stereocenters. The van der Waals surface area contributed by atoms with Crippen molar-refractivity contribution in [3.8, 4) is 5.75 Å². The van der Waals surface area contributed by atoms with Crippen LogP contribution in [0.1, 0.15) is 5.56 Å². The molecule has 1 aliphatic heterocycles. The third-order valence-corrected chi connectivity index (χ3v) is 2.92. The molecule has 1 aliphatic rings. The SMILES string of the molecule is COc1ccc(NC2=Nc3ccccc3CO2)cc1. The van der Waals surface area contributed by atoms with Gasteiger partial charge in [0.15, 0.2) is 0 Å². The van der Waals surface area contributed by atoms with Crippen molar-refractivity contribution in [3.63, 3.8) is 0 Å². The molecule has 1 N–H and O–H groups in total. The van der Waals surface area contributed by atoms with E-state index in [-0.39, 0.29) is 0 Å². The van der Waals surface area contributed by atoms with Crippen LogP contribution in [0.4, 0.5) is 11.4 Å². The molecule has 4 nitrogen and oxygen atoms in total. The first kappa shape index (κ1) is 11.6. The van der Waals surface area contributed by atoms with E-state index in [0.717, 1.165) is 22.7 Å². The van der Waals surface area contributed by atoms with Crippen LogP contribution in [0.15, 0.2) is 53.5 Å². The fourth-order valence-corrected chi connectivity index (χ4v) is 1.89. The molecule has 19 heavy (non-hydrogen) atoms. The Morgan fingerprint density at radius 2 is 1.89 bits per heavy atom. The van der Waals surface area contributed by atoms with Crippen LogP contribution in [-0.2, 0) is 11.3 Å². The largest absolute Gasteiger partial charge is 0.497 e. The van der Waals surface area contributed by atoms with E-state index in [9.17, 15) is 0 Å². The molecule has 0 aromatic heterocycles. The average Bonchev–Trinajstić information content (AvgIpc) is 2.48. The van der Waals surface area contributed by atoms with Gasteiger partial charge in [0.05, 0.1) is 12.8 Å². The lowest BCUT2D eigenvalue weighted by molar-refractivity contribution is 0.286. The predicted molar refractivity (Wildman–Crippen MR) is 74.9 cm³/mol. The molecule has 0 saturated carbocycles. The molecule has 0 atom stereocenters. The van der Waals surface area contributed by atoms with Gasteiger partial charge in [-0.1, -0.05) is 18.2 Å². The maximum absolute atomic E-state index is 5.57. The molecule has 4 heteroatoms. The molecule has 0 spiro atoms. The summed E-state index contributed by atoms with van der Waals surface area (Å²) >= 11 is 0. The lowest BCUT2D eigenvalue weighted by atomic mass is 10.2. The molecule has 1 heterocycles. The summed E-state index contributed by atoms with van der Waals surface area (Å²) in [5.74, 6) is 0.822. The van der Waals surface area contributed by atoms with Crippen LogP contribution in [0.5, 0.6) is 5.75 Å². The van der Waals surface area contributed by atoms with Crippen LogP contribution in [0.2, 0.25) is 0 Å². The van der Waals surface area contributed by atoms with E-state index in [4.69, 9.17) is 9.47 Å². The fraction of sp³-hybridized carbons (Fsp3) is 0.133. The number of methoxy groups -OCH3 is 1. The van der Waals surface area contributed by atoms with Crippen molar-refractivity contribution in [3.05, 3.63) is 54.1 Å². The van der Waals surface area contributed by atoms with Gasteiger partial charge in [0.2, 0.25) is 0 Å². The molecule has 0 bridgehead atoms. The summed E-state index contributed by atoms with van der Waals surface area (Å²) in [6.07, 6.45) is 0. The summed E-state index contributed by atoms with van der Waals surface area (Å²) in [5, 5.41) is 3.15. The first-order valence-electron chi connectivity index (χ1n) is 6.05. The van der Waals surface area contributed by atoms with Crippen LogP contribution in [0.3, 0.4) is 0 Å². The zero-order valence-corrected chi connectivity index (χ0v) is 10.6. The Kier molecular flexibility index (Phi) is 3.06. The first-order valence-corrected chi connectivity index (χ1v) is 6.05. The number of aliphatic imine (C=N–C) groups is 1. The number of fused-ring (bicyclic) bond motifs is 1. The van der Waals surface area contributed by atoms with E-state index in [1.54, 1.807) is 7.11 Å². The molecule has 96 valence electrons. The van der Waals surface area contributed by atoms with Crippen LogP contribution in [0.25, 0.3) is 0 Å². The first-order chi connectivity index (χ1) is 9.35. The van der Waals surface area contributed by atoms with Gasteiger partial charge in [0, 0.05) is 11.3 Å². The summed E-state index contributed by atoms with van der Waals surface area (Å²) < 4.78 is 10.7. The molecule has 3 rings (SSSR count). The van der Waals surface area contributed by atoms with Crippen molar-refractivity contribution < 1.29 is 9.47 Å². The van der Waals surface area contributed by atoms with Crippen molar-refractivity contribution in [2.75, 3.05) is 12.4 Å². The Labute approximate surface area is 111 Å². The Balaban J connectivity index is 1.79. The van der Waals surface area contributed by atoms with Gasteiger partial charge in [-0.05, 0) is 30.3 Å². The number of para-hydroxylation sites is 1. The molecule has 0 amide bonds. The number of anilines is 1. The normalized spacial score (nSPS) is 13.0. The Morgan fingerprint density at radius 1 is 1.11 bits per heavy atom. The Bertz CT molecular complexity index is 606. The number of hydrogen-bond acceptors (Lipinski definition) is 4. The zero-order chi connectivity index (χ0) is 13.1. The van der Waals surface area contributed by atoms with E-state index in [2.05, 4.69) is 10.3 Å². The molecule has 2 aromatic carbocycles. The number of nitrogens with one attached hydrogen (secondary N) is 1. The van der Waals surface area contributed by atoms with Gasteiger partial charge in [-0.15, -0.1) is 0 Å². The quantitative estimate of drug-likeness (QED) is 0.894. The standard InChI is InChI=1S/C15H14N2O2/c1-18-13-8-6-12(7-9-13)16-15-17-14-5-3-2-4-11(14)10-19-15/h2-9H,10H2,1H3,(H,16,17). The second-order valence-corrected chi connectivity index (χ2v) is 4.19. The second kappa shape index (κ2) is 5.02. The summed E-state index contributed by atoms with van der Waals surface area (Å²) in [6.45, 7) is 0.540. The van der Waals surface area contributed by atoms with E-state index in [0.29, 0.717) is 12.6 Å². The summed E-state index contributed by atoms with van der Waals surface area (Å²) in [6, 6.07) is 16.1. The third kappa shape index (κ3) is 2.52. The maximum Gasteiger partial charge on any atom is 0.294 e. The summed E-state index contributed by atoms with van der Waals surface area (Å²) in [4.78, 5) is 4.44. The molecule has 0 saturated heterocycles. The van der Waals surface area contributed by atoms with Gasteiger partial charge < -0.3 is 14.8 Å². The molecular formula is C15H14N2O2. The highest BCUT2D eigenvalue weighted by molar-refractivity contribution is 5.92. The number of benzene rings is 2. The smallest absolute Gasteiger partial charge is 0.294 e. The van der Waals surface area contributed by atoms with Crippen LogP contribution < -0.4 is 10.1 Å². The van der Waals surface area contributed by atoms with Gasteiger partial charge in [-0.3, -0.25) is 0 Å². The van der Waals surface area contributed by atoms with Crippen LogP contribution in [-0.4, -0.2) is 13.1 Å². The molecule has 0 radical (unpaired) electrons. The van der Waals surface area contributed by atoms with E-state index in [1.165, 1.54) is 0 Å². The lowest BCUT2D eigenvalue weighted by Gasteiger charge is -2.17. The topological polar surface area (TPSA) is 42.8 Å². The van der Waals surface area contributed by atoms with Gasteiger partial charge in [-0.2, -0.15) is 4.99 Å². The number of hydrogen-bond donors (Lipinski definition) is 1. The van der Waals surface area contributed by atoms with Crippen molar-refractivity contribution in [2.45, 2.75) is 6.61 Å². The summed E-state index contributed by atoms with van der Waals surface area (Å²) in [5.41, 5.74) is 2.96. The molecule has 0 aliphatic carbocycles. The van der Waals surface area contributed by atoms with Gasteiger partial charge in [0.25, 0.3) is 6.02 Å². The Morgan fingerprint density at radius 3 is 2.68 bits per heavy atom. The number of amidine groups is 1. The Hall–Kier alpha value is -2.49. The lowest BCUT2D eigenvalue weighted by Crippen LogP contribution is -2.18. The van der Waals surface area contributed by atoms with Crippen LogP contribution >= 0.6 is 0 Å². The van der Waals surface area contributed by atoms with Gasteiger partial charge in [-0.25, -0.2) is 0 Å². The van der Waals surface area contributed by atoms with Crippen molar-refractivity contribution in [1.29, 1.82) is 0 Å². The zero-order valence-electron chi connectivity index (χ0n) is 10.6. The highest BCUT2D eigenvalue weighted by Crippen LogP contribution is 2.24. The molecular weight excluding hydrogens is 240 g/mol. The van der Waals surface area contributed by atoms with E-state index in [1.807, 2.05) is 48.5 Å². The average molecular weight is 254 g/mol. The minimum Gasteiger partial charge on any atom is -0.497 e. The monoisotopic (exact) mass is 254 g/mol. The number of nitrogens with zero attached hydrogens (tertiary/aromatic N) is 1. The predicted octanol–water partition coefficient (Wildman–Crippen LogP) is 3.33.